The number of aryl methyl sites for hydroxylation is 1. The first-order valence-electron chi connectivity index (χ1n) is 15.2. The van der Waals surface area contributed by atoms with Crippen LogP contribution in [-0.4, -0.2) is 56.4 Å². The summed E-state index contributed by atoms with van der Waals surface area (Å²) in [6.07, 6.45) is 0.0146. The number of hydrogen-bond donors (Lipinski definition) is 4. The van der Waals surface area contributed by atoms with Crippen molar-refractivity contribution >= 4 is 34.9 Å². The molecular formula is C36H35N5O6. The number of carboxylic acids is 1. The molecule has 11 nitrogen and oxygen atoms in total. The molecule has 5 rings (SSSR count). The largest absolute Gasteiger partial charge is 0.480 e. The van der Waals surface area contributed by atoms with Gasteiger partial charge in [0.1, 0.15) is 18.5 Å². The summed E-state index contributed by atoms with van der Waals surface area (Å²) in [5, 5.41) is 14.4. The summed E-state index contributed by atoms with van der Waals surface area (Å²) in [7, 11) is 0. The van der Waals surface area contributed by atoms with Crippen LogP contribution in [0.1, 0.15) is 39.3 Å². The van der Waals surface area contributed by atoms with E-state index in [0.29, 0.717) is 30.8 Å². The maximum atomic E-state index is 13.4. The Morgan fingerprint density at radius 1 is 0.787 bits per heavy atom. The Morgan fingerprint density at radius 3 is 2.13 bits per heavy atom. The van der Waals surface area contributed by atoms with Crippen molar-refractivity contribution in [2.45, 2.75) is 38.6 Å². The predicted molar refractivity (Wildman–Crippen MR) is 175 cm³/mol. The smallest absolute Gasteiger partial charge is 0.408 e. The van der Waals surface area contributed by atoms with E-state index in [1.165, 1.54) is 0 Å². The second-order valence-corrected chi connectivity index (χ2v) is 10.9. The average molecular weight is 634 g/mol. The second kappa shape index (κ2) is 15.8. The SMILES string of the molecule is O=C(NC(CNC(=O)c1ccc(CN(Cc2nc3ccccc3[nH]2)C(=O)CCc2ccccc2)cc1)C(=O)O)OCc1ccccc1. The molecule has 0 radical (unpaired) electrons. The Morgan fingerprint density at radius 2 is 1.45 bits per heavy atom. The minimum absolute atomic E-state index is 0.0218. The molecule has 0 aliphatic rings. The number of imidazole rings is 1. The zero-order valence-corrected chi connectivity index (χ0v) is 25.6. The zero-order chi connectivity index (χ0) is 33.0. The van der Waals surface area contributed by atoms with Crippen molar-refractivity contribution in [1.29, 1.82) is 0 Å². The quantitative estimate of drug-likeness (QED) is 0.137. The Labute approximate surface area is 271 Å². The van der Waals surface area contributed by atoms with Gasteiger partial charge < -0.3 is 30.4 Å². The van der Waals surface area contributed by atoms with Gasteiger partial charge in [-0.15, -0.1) is 0 Å². The summed E-state index contributed by atoms with van der Waals surface area (Å²) in [5.41, 5.74) is 4.63. The van der Waals surface area contributed by atoms with Crippen molar-refractivity contribution in [1.82, 2.24) is 25.5 Å². The van der Waals surface area contributed by atoms with E-state index in [-0.39, 0.29) is 25.6 Å². The molecule has 0 aliphatic heterocycles. The number of aliphatic carboxylic acids is 1. The molecular weight excluding hydrogens is 598 g/mol. The number of nitrogens with one attached hydrogen (secondary N) is 3. The van der Waals surface area contributed by atoms with Crippen LogP contribution in [0.4, 0.5) is 4.79 Å². The van der Waals surface area contributed by atoms with Crippen molar-refractivity contribution in [2.75, 3.05) is 6.54 Å². The molecule has 5 aromatic rings. The third kappa shape index (κ3) is 9.51. The number of alkyl carbamates (subject to hydrolysis) is 1. The van der Waals surface area contributed by atoms with E-state index in [9.17, 15) is 24.3 Å². The van der Waals surface area contributed by atoms with Crippen LogP contribution in [-0.2, 0) is 40.4 Å². The number of para-hydroxylation sites is 2. The van der Waals surface area contributed by atoms with Crippen LogP contribution in [0.5, 0.6) is 0 Å². The predicted octanol–water partition coefficient (Wildman–Crippen LogP) is 4.83. The Balaban J connectivity index is 1.18. The average Bonchev–Trinajstić information content (AvgIpc) is 3.51. The van der Waals surface area contributed by atoms with Gasteiger partial charge in [-0.3, -0.25) is 9.59 Å². The first-order chi connectivity index (χ1) is 22.8. The monoisotopic (exact) mass is 633 g/mol. The van der Waals surface area contributed by atoms with Gasteiger partial charge in [-0.1, -0.05) is 84.9 Å². The number of amides is 3. The molecule has 0 bridgehead atoms. The molecule has 1 atom stereocenters. The van der Waals surface area contributed by atoms with Gasteiger partial charge in [0.2, 0.25) is 5.91 Å². The summed E-state index contributed by atoms with van der Waals surface area (Å²) >= 11 is 0. The van der Waals surface area contributed by atoms with Gasteiger partial charge in [0.05, 0.1) is 17.6 Å². The fraction of sp³-hybridized carbons (Fsp3) is 0.194. The van der Waals surface area contributed by atoms with Crippen molar-refractivity contribution in [3.05, 3.63) is 137 Å². The van der Waals surface area contributed by atoms with E-state index in [1.807, 2.05) is 60.7 Å². The number of ether oxygens (including phenoxy) is 1. The Hall–Kier alpha value is -5.97. The molecule has 4 N–H and O–H groups in total. The number of H-pyrrole nitrogens is 1. The molecule has 1 aromatic heterocycles. The number of rotatable bonds is 14. The topological polar surface area (TPSA) is 154 Å². The number of carbonyl (C=O) groups is 4. The van der Waals surface area contributed by atoms with Gasteiger partial charge in [0, 0.05) is 25.1 Å². The number of fused-ring (bicyclic) bond motifs is 1. The highest BCUT2D eigenvalue weighted by molar-refractivity contribution is 5.94. The van der Waals surface area contributed by atoms with E-state index in [1.54, 1.807) is 53.4 Å². The summed E-state index contributed by atoms with van der Waals surface area (Å²) < 4.78 is 5.09. The highest BCUT2D eigenvalue weighted by Crippen LogP contribution is 2.16. The van der Waals surface area contributed by atoms with Crippen molar-refractivity contribution in [2.24, 2.45) is 0 Å². The van der Waals surface area contributed by atoms with E-state index < -0.39 is 24.0 Å². The van der Waals surface area contributed by atoms with Crippen molar-refractivity contribution in [3.63, 3.8) is 0 Å². The number of benzene rings is 4. The maximum absolute atomic E-state index is 13.4. The molecule has 3 amide bonds. The van der Waals surface area contributed by atoms with Crippen LogP contribution < -0.4 is 10.6 Å². The van der Waals surface area contributed by atoms with Gasteiger partial charge in [-0.05, 0) is 47.4 Å². The van der Waals surface area contributed by atoms with Gasteiger partial charge in [-0.2, -0.15) is 0 Å². The lowest BCUT2D eigenvalue weighted by molar-refractivity contribution is -0.139. The first-order valence-corrected chi connectivity index (χ1v) is 15.2. The summed E-state index contributed by atoms with van der Waals surface area (Å²) in [5.74, 6) is -1.20. The summed E-state index contributed by atoms with van der Waals surface area (Å²) in [6.45, 7) is 0.203. The highest BCUT2D eigenvalue weighted by atomic mass is 16.5. The molecule has 1 heterocycles. The van der Waals surface area contributed by atoms with Crippen LogP contribution in [0.3, 0.4) is 0 Å². The third-order valence-corrected chi connectivity index (χ3v) is 7.46. The molecule has 0 fully saturated rings. The fourth-order valence-electron chi connectivity index (χ4n) is 4.93. The van der Waals surface area contributed by atoms with Gasteiger partial charge >= 0.3 is 12.1 Å². The highest BCUT2D eigenvalue weighted by Gasteiger charge is 2.22. The lowest BCUT2D eigenvalue weighted by atomic mass is 10.1. The van der Waals surface area contributed by atoms with Gasteiger partial charge in [-0.25, -0.2) is 14.6 Å². The number of nitrogens with zero attached hydrogens (tertiary/aromatic N) is 2. The minimum atomic E-state index is -1.39. The van der Waals surface area contributed by atoms with Crippen LogP contribution >= 0.6 is 0 Å². The van der Waals surface area contributed by atoms with Crippen LogP contribution in [0.15, 0.2) is 109 Å². The number of carboxylic acid groups (broad SMARTS) is 1. The number of hydrogen-bond acceptors (Lipinski definition) is 6. The van der Waals surface area contributed by atoms with Crippen LogP contribution in [0.2, 0.25) is 0 Å². The minimum Gasteiger partial charge on any atom is -0.480 e. The van der Waals surface area contributed by atoms with E-state index in [0.717, 1.165) is 27.7 Å². The number of aromatic nitrogens is 2. The second-order valence-electron chi connectivity index (χ2n) is 10.9. The van der Waals surface area contributed by atoms with Crippen LogP contribution in [0.25, 0.3) is 11.0 Å². The van der Waals surface area contributed by atoms with E-state index in [4.69, 9.17) is 4.74 Å². The van der Waals surface area contributed by atoms with Gasteiger partial charge in [0.25, 0.3) is 5.91 Å². The molecule has 0 spiro atoms. The lowest BCUT2D eigenvalue weighted by Crippen LogP contribution is -2.48. The standard InChI is InChI=1S/C36H35N5O6/c42-33(20-17-25-9-3-1-4-10-25)41(23-32-38-29-13-7-8-14-30(29)39-32)22-26-15-18-28(19-16-26)34(43)37-21-31(35(44)45)40-36(46)47-24-27-11-5-2-6-12-27/h1-16,18-19,31H,17,20-24H2,(H,37,43)(H,38,39)(H,40,46)(H,44,45). The first kappa shape index (κ1) is 32.4. The molecule has 11 heteroatoms. The molecule has 0 aliphatic carbocycles. The zero-order valence-electron chi connectivity index (χ0n) is 25.6. The Kier molecular flexibility index (Phi) is 10.9. The molecule has 1 unspecified atom stereocenters. The van der Waals surface area contributed by atoms with Crippen molar-refractivity contribution in [3.8, 4) is 0 Å². The molecule has 0 saturated carbocycles. The normalized spacial score (nSPS) is 11.4. The lowest BCUT2D eigenvalue weighted by Gasteiger charge is -2.22. The maximum Gasteiger partial charge on any atom is 0.408 e. The van der Waals surface area contributed by atoms with Gasteiger partial charge in [0.15, 0.2) is 0 Å². The fourth-order valence-corrected chi connectivity index (χ4v) is 4.93. The number of carbonyl (C=O) groups excluding carboxylic acids is 3. The molecule has 47 heavy (non-hydrogen) atoms. The van der Waals surface area contributed by atoms with E-state index in [2.05, 4.69) is 20.6 Å². The summed E-state index contributed by atoms with van der Waals surface area (Å²) in [6, 6.07) is 31.8. The molecule has 0 saturated heterocycles. The third-order valence-electron chi connectivity index (χ3n) is 7.46. The molecule has 240 valence electrons. The van der Waals surface area contributed by atoms with Crippen molar-refractivity contribution < 1.29 is 29.0 Å². The number of aromatic amines is 1. The summed E-state index contributed by atoms with van der Waals surface area (Å²) in [4.78, 5) is 59.8. The molecule has 4 aromatic carbocycles. The van der Waals surface area contributed by atoms with E-state index >= 15 is 0 Å². The Bertz CT molecular complexity index is 1780. The van der Waals surface area contributed by atoms with Crippen LogP contribution in [0, 0.1) is 0 Å².